The van der Waals surface area contributed by atoms with Crippen LogP contribution in [0.4, 0.5) is 0 Å². The average molecular weight is 252 g/mol. The summed E-state index contributed by atoms with van der Waals surface area (Å²) in [7, 11) is 0. The summed E-state index contributed by atoms with van der Waals surface area (Å²) >= 11 is 16.9. The highest BCUT2D eigenvalue weighted by atomic mass is 35.5. The number of hydrogen-bond acceptors (Lipinski definition) is 1. The van der Waals surface area contributed by atoms with Crippen molar-refractivity contribution in [2.45, 2.75) is 18.2 Å². The average Bonchev–Trinajstić information content (AvgIpc) is 2.17. The van der Waals surface area contributed by atoms with Gasteiger partial charge in [0.1, 0.15) is 0 Å². The molecule has 0 saturated carbocycles. The van der Waals surface area contributed by atoms with Crippen LogP contribution in [0, 0.1) is 0 Å². The molecule has 0 N–H and O–H groups in total. The van der Waals surface area contributed by atoms with Gasteiger partial charge in [0.05, 0.1) is 0 Å². The van der Waals surface area contributed by atoms with Crippen molar-refractivity contribution in [2.24, 2.45) is 0 Å². The van der Waals surface area contributed by atoms with Crippen molar-refractivity contribution in [2.75, 3.05) is 0 Å². The van der Waals surface area contributed by atoms with Crippen molar-refractivity contribution >= 4 is 40.6 Å². The van der Waals surface area contributed by atoms with Gasteiger partial charge >= 0.3 is 0 Å². The number of carbonyl (C=O) groups is 1. The molecular weight excluding hydrogens is 242 g/mol. The monoisotopic (exact) mass is 250 g/mol. The first kappa shape index (κ1) is 11.8. The van der Waals surface area contributed by atoms with E-state index in [9.17, 15) is 4.79 Å². The Morgan fingerprint density at radius 2 is 2.07 bits per heavy atom. The summed E-state index contributed by atoms with van der Waals surface area (Å²) in [5.41, 5.74) is 1.42. The van der Waals surface area contributed by atoms with Gasteiger partial charge in [-0.25, -0.2) is 0 Å². The second-order valence-corrected chi connectivity index (χ2v) is 4.33. The van der Waals surface area contributed by atoms with Crippen LogP contribution in [-0.2, 0) is 6.42 Å². The molecule has 0 heterocycles. The van der Waals surface area contributed by atoms with Gasteiger partial charge in [-0.1, -0.05) is 41.7 Å². The molecule has 0 fully saturated rings. The minimum atomic E-state index is -1.01. The third-order valence-electron chi connectivity index (χ3n) is 1.91. The van der Waals surface area contributed by atoms with Gasteiger partial charge in [0.25, 0.3) is 0 Å². The van der Waals surface area contributed by atoms with Crippen molar-refractivity contribution in [1.82, 2.24) is 0 Å². The van der Waals surface area contributed by atoms with Crippen LogP contribution in [0.5, 0.6) is 0 Å². The molecule has 0 aliphatic rings. The summed E-state index contributed by atoms with van der Waals surface area (Å²) in [5.74, 6) is -0.292. The summed E-state index contributed by atoms with van der Waals surface area (Å²) in [6, 6.07) is 5.04. The maximum Gasteiger partial charge on any atom is 0.195 e. The van der Waals surface area contributed by atoms with Gasteiger partial charge in [0, 0.05) is 10.6 Å². The van der Waals surface area contributed by atoms with Crippen LogP contribution in [0.15, 0.2) is 18.2 Å². The molecule has 4 heteroatoms. The first-order chi connectivity index (χ1) is 6.56. The van der Waals surface area contributed by atoms with Crippen molar-refractivity contribution in [3.8, 4) is 0 Å². The second-order valence-electron chi connectivity index (χ2n) is 2.82. The molecule has 1 nitrogen and oxygen atoms in total. The van der Waals surface area contributed by atoms with E-state index in [1.807, 2.05) is 6.92 Å². The number of Topliss-reactive ketones (excluding diaryl/α,β-unsaturated/α-hetero) is 1. The normalized spacial score (nSPS) is 10.6. The maximum atomic E-state index is 11.4. The molecule has 1 aromatic carbocycles. The lowest BCUT2D eigenvalue weighted by Crippen LogP contribution is -2.08. The van der Waals surface area contributed by atoms with E-state index in [0.717, 1.165) is 12.0 Å². The number of alkyl halides is 2. The van der Waals surface area contributed by atoms with Crippen molar-refractivity contribution in [3.63, 3.8) is 0 Å². The largest absolute Gasteiger partial charge is 0.291 e. The lowest BCUT2D eigenvalue weighted by Gasteiger charge is -2.05. The quantitative estimate of drug-likeness (QED) is 0.588. The number of hydrogen-bond donors (Lipinski definition) is 0. The van der Waals surface area contributed by atoms with E-state index in [0.29, 0.717) is 10.6 Å². The molecule has 0 aromatic heterocycles. The highest BCUT2D eigenvalue weighted by Crippen LogP contribution is 2.20. The SMILES string of the molecule is CCc1cc(C(=O)C(Cl)Cl)ccc1Cl. The van der Waals surface area contributed by atoms with Gasteiger partial charge in [-0.3, -0.25) is 4.79 Å². The standard InChI is InChI=1S/C10H9Cl3O/c1-2-6-5-7(3-4-8(6)11)9(14)10(12)13/h3-5,10H,2H2,1H3. The lowest BCUT2D eigenvalue weighted by molar-refractivity contribution is 0.101. The minimum Gasteiger partial charge on any atom is -0.291 e. The van der Waals surface area contributed by atoms with Crippen molar-refractivity contribution < 1.29 is 4.79 Å². The Morgan fingerprint density at radius 1 is 1.43 bits per heavy atom. The van der Waals surface area contributed by atoms with Gasteiger partial charge in [0.2, 0.25) is 0 Å². The number of ketones is 1. The zero-order valence-corrected chi connectivity index (χ0v) is 9.83. The molecule has 0 aliphatic heterocycles. The fourth-order valence-corrected chi connectivity index (χ4v) is 1.63. The van der Waals surface area contributed by atoms with Crippen LogP contribution in [0.25, 0.3) is 0 Å². The molecule has 76 valence electrons. The topological polar surface area (TPSA) is 17.1 Å². The van der Waals surface area contributed by atoms with Crippen LogP contribution < -0.4 is 0 Å². The Kier molecular flexibility index (Phi) is 4.24. The fourth-order valence-electron chi connectivity index (χ4n) is 1.12. The number of carbonyl (C=O) groups excluding carboxylic acids is 1. The van der Waals surface area contributed by atoms with Crippen LogP contribution in [0.1, 0.15) is 22.8 Å². The van der Waals surface area contributed by atoms with Crippen LogP contribution in [0.2, 0.25) is 5.02 Å². The Bertz CT molecular complexity index is 347. The predicted molar refractivity (Wildman–Crippen MR) is 60.7 cm³/mol. The predicted octanol–water partition coefficient (Wildman–Crippen LogP) is 3.89. The van der Waals surface area contributed by atoms with E-state index in [-0.39, 0.29) is 5.78 Å². The Balaban J connectivity index is 3.06. The van der Waals surface area contributed by atoms with Gasteiger partial charge in [-0.2, -0.15) is 0 Å². The Hall–Kier alpha value is -0.240. The van der Waals surface area contributed by atoms with Gasteiger partial charge in [0.15, 0.2) is 10.6 Å². The number of rotatable bonds is 3. The smallest absolute Gasteiger partial charge is 0.195 e. The molecule has 1 rings (SSSR count). The zero-order valence-electron chi connectivity index (χ0n) is 7.56. The summed E-state index contributed by atoms with van der Waals surface area (Å²) < 4.78 is 0. The summed E-state index contributed by atoms with van der Waals surface area (Å²) in [6.07, 6.45) is 0.773. The molecule has 0 aliphatic carbocycles. The molecule has 14 heavy (non-hydrogen) atoms. The third kappa shape index (κ3) is 2.63. The second kappa shape index (κ2) is 5.01. The zero-order chi connectivity index (χ0) is 10.7. The van der Waals surface area contributed by atoms with E-state index >= 15 is 0 Å². The fraction of sp³-hybridized carbons (Fsp3) is 0.300. The minimum absolute atomic E-state index is 0.292. The first-order valence-corrected chi connectivity index (χ1v) is 5.42. The Morgan fingerprint density at radius 3 is 2.57 bits per heavy atom. The van der Waals surface area contributed by atoms with E-state index in [1.54, 1.807) is 18.2 Å². The van der Waals surface area contributed by atoms with E-state index in [2.05, 4.69) is 0 Å². The number of benzene rings is 1. The maximum absolute atomic E-state index is 11.4. The highest BCUT2D eigenvalue weighted by molar-refractivity contribution is 6.55. The third-order valence-corrected chi connectivity index (χ3v) is 2.67. The van der Waals surface area contributed by atoms with Crippen molar-refractivity contribution in [1.29, 1.82) is 0 Å². The van der Waals surface area contributed by atoms with Crippen LogP contribution in [0.3, 0.4) is 0 Å². The van der Waals surface area contributed by atoms with Gasteiger partial charge in [-0.05, 0) is 30.2 Å². The van der Waals surface area contributed by atoms with Gasteiger partial charge in [-0.15, -0.1) is 0 Å². The number of aryl methyl sites for hydroxylation is 1. The molecule has 0 radical (unpaired) electrons. The molecule has 0 spiro atoms. The van der Waals surface area contributed by atoms with E-state index in [4.69, 9.17) is 34.8 Å². The van der Waals surface area contributed by atoms with Crippen LogP contribution >= 0.6 is 34.8 Å². The first-order valence-electron chi connectivity index (χ1n) is 4.17. The molecular formula is C10H9Cl3O. The molecule has 1 aromatic rings. The summed E-state index contributed by atoms with van der Waals surface area (Å²) in [4.78, 5) is 10.4. The number of halogens is 3. The lowest BCUT2D eigenvalue weighted by atomic mass is 10.1. The van der Waals surface area contributed by atoms with E-state index in [1.165, 1.54) is 0 Å². The molecule has 0 saturated heterocycles. The van der Waals surface area contributed by atoms with Gasteiger partial charge < -0.3 is 0 Å². The molecule has 0 atom stereocenters. The molecule has 0 unspecified atom stereocenters. The summed E-state index contributed by atoms with van der Waals surface area (Å²) in [6.45, 7) is 1.97. The highest BCUT2D eigenvalue weighted by Gasteiger charge is 2.14. The van der Waals surface area contributed by atoms with Crippen molar-refractivity contribution in [3.05, 3.63) is 34.3 Å². The van der Waals surface area contributed by atoms with Crippen LogP contribution in [-0.4, -0.2) is 10.6 Å². The summed E-state index contributed by atoms with van der Waals surface area (Å²) in [5, 5.41) is 0.657. The van der Waals surface area contributed by atoms with E-state index < -0.39 is 4.84 Å². The molecule has 0 bridgehead atoms. The molecule has 0 amide bonds. The Labute approximate surface area is 98.0 Å².